The summed E-state index contributed by atoms with van der Waals surface area (Å²) in [7, 11) is 0. The van der Waals surface area contributed by atoms with E-state index in [-0.39, 0.29) is 5.91 Å². The van der Waals surface area contributed by atoms with E-state index in [1.54, 1.807) is 10.9 Å². The van der Waals surface area contributed by atoms with Crippen LogP contribution in [-0.4, -0.2) is 38.7 Å². The average molecular weight is 384 g/mol. The van der Waals surface area contributed by atoms with E-state index in [0.29, 0.717) is 5.92 Å². The molecule has 0 saturated carbocycles. The fourth-order valence-electron chi connectivity index (χ4n) is 4.38. The van der Waals surface area contributed by atoms with Crippen LogP contribution in [0.2, 0.25) is 0 Å². The minimum Gasteiger partial charge on any atom is -0.358 e. The summed E-state index contributed by atoms with van der Waals surface area (Å²) in [5, 5.41) is 5.61. The Labute approximate surface area is 170 Å². The van der Waals surface area contributed by atoms with Gasteiger partial charge in [0, 0.05) is 42.6 Å². The maximum Gasteiger partial charge on any atom is 0.252 e. The first kappa shape index (κ1) is 17.7. The number of nitrogens with one attached hydrogen (secondary N) is 1. The lowest BCUT2D eigenvalue weighted by molar-refractivity contribution is -0.134. The third kappa shape index (κ3) is 3.44. The van der Waals surface area contributed by atoms with Crippen molar-refractivity contribution in [1.29, 1.82) is 0 Å². The highest BCUT2D eigenvalue weighted by molar-refractivity contribution is 5.84. The van der Waals surface area contributed by atoms with Crippen molar-refractivity contribution in [2.24, 2.45) is 0 Å². The van der Waals surface area contributed by atoms with Crippen LogP contribution in [0.5, 0.6) is 0 Å². The number of rotatable bonds is 4. The molecule has 5 rings (SSSR count). The van der Waals surface area contributed by atoms with E-state index in [1.165, 1.54) is 16.6 Å². The SMILES string of the molecule is O=C(C(c1ccccc1)n1cccn1)N1CCC(c2cc3ccccc3[nH]2)CC1. The molecule has 5 nitrogen and oxygen atoms in total. The normalized spacial score (nSPS) is 16.2. The number of hydrogen-bond acceptors (Lipinski definition) is 2. The first-order valence-corrected chi connectivity index (χ1v) is 10.2. The van der Waals surface area contributed by atoms with Gasteiger partial charge in [0.05, 0.1) is 0 Å². The molecule has 0 aliphatic carbocycles. The van der Waals surface area contributed by atoms with Gasteiger partial charge in [-0.15, -0.1) is 0 Å². The molecule has 1 unspecified atom stereocenters. The second-order valence-electron chi connectivity index (χ2n) is 7.71. The van der Waals surface area contributed by atoms with E-state index in [4.69, 9.17) is 0 Å². The number of aromatic nitrogens is 3. The number of carbonyl (C=O) groups excluding carboxylic acids is 1. The van der Waals surface area contributed by atoms with Gasteiger partial charge in [0.2, 0.25) is 0 Å². The van der Waals surface area contributed by atoms with Gasteiger partial charge in [0.25, 0.3) is 5.91 Å². The number of aromatic amines is 1. The fraction of sp³-hybridized carbons (Fsp3) is 0.250. The summed E-state index contributed by atoms with van der Waals surface area (Å²) in [4.78, 5) is 19.0. The van der Waals surface area contributed by atoms with Crippen molar-refractivity contribution in [3.8, 4) is 0 Å². The van der Waals surface area contributed by atoms with E-state index < -0.39 is 6.04 Å². The number of nitrogens with zero attached hydrogens (tertiary/aromatic N) is 3. The Morgan fingerprint density at radius 2 is 1.76 bits per heavy atom. The van der Waals surface area contributed by atoms with Crippen molar-refractivity contribution in [2.45, 2.75) is 24.8 Å². The Hall–Kier alpha value is -3.34. The maximum atomic E-state index is 13.4. The monoisotopic (exact) mass is 384 g/mol. The number of hydrogen-bond donors (Lipinski definition) is 1. The second-order valence-corrected chi connectivity index (χ2v) is 7.71. The molecule has 1 N–H and O–H groups in total. The molecule has 1 fully saturated rings. The zero-order valence-electron chi connectivity index (χ0n) is 16.2. The second kappa shape index (κ2) is 7.59. The van der Waals surface area contributed by atoms with E-state index >= 15 is 0 Å². The molecule has 29 heavy (non-hydrogen) atoms. The van der Waals surface area contributed by atoms with Gasteiger partial charge in [-0.2, -0.15) is 5.10 Å². The third-order valence-corrected chi connectivity index (χ3v) is 5.94. The number of piperidine rings is 1. The first-order valence-electron chi connectivity index (χ1n) is 10.2. The van der Waals surface area contributed by atoms with Crippen molar-refractivity contribution in [3.63, 3.8) is 0 Å². The van der Waals surface area contributed by atoms with Crippen LogP contribution in [0.4, 0.5) is 0 Å². The highest BCUT2D eigenvalue weighted by atomic mass is 16.2. The molecule has 0 spiro atoms. The van der Waals surface area contributed by atoms with Gasteiger partial charge in [-0.05, 0) is 42.0 Å². The van der Waals surface area contributed by atoms with Crippen molar-refractivity contribution in [1.82, 2.24) is 19.7 Å². The Morgan fingerprint density at radius 1 is 1.00 bits per heavy atom. The Kier molecular flexibility index (Phi) is 4.64. The number of H-pyrrole nitrogens is 1. The fourth-order valence-corrected chi connectivity index (χ4v) is 4.38. The van der Waals surface area contributed by atoms with Crippen LogP contribution >= 0.6 is 0 Å². The van der Waals surface area contributed by atoms with Crippen molar-refractivity contribution in [3.05, 3.63) is 90.4 Å². The summed E-state index contributed by atoms with van der Waals surface area (Å²) in [6.07, 6.45) is 5.54. The third-order valence-electron chi connectivity index (χ3n) is 5.94. The van der Waals surface area contributed by atoms with E-state index in [2.05, 4.69) is 40.4 Å². The first-order chi connectivity index (χ1) is 14.3. The molecule has 1 saturated heterocycles. The van der Waals surface area contributed by atoms with Gasteiger partial charge in [-0.3, -0.25) is 9.48 Å². The summed E-state index contributed by atoms with van der Waals surface area (Å²) >= 11 is 0. The van der Waals surface area contributed by atoms with Gasteiger partial charge >= 0.3 is 0 Å². The topological polar surface area (TPSA) is 53.9 Å². The van der Waals surface area contributed by atoms with E-state index in [1.807, 2.05) is 47.5 Å². The smallest absolute Gasteiger partial charge is 0.252 e. The van der Waals surface area contributed by atoms with E-state index in [9.17, 15) is 4.79 Å². The predicted molar refractivity (Wildman–Crippen MR) is 114 cm³/mol. The molecule has 0 bridgehead atoms. The molecular weight excluding hydrogens is 360 g/mol. The van der Waals surface area contributed by atoms with Crippen LogP contribution in [0.15, 0.2) is 79.1 Å². The number of para-hydroxylation sites is 1. The number of likely N-dealkylation sites (tertiary alicyclic amines) is 1. The van der Waals surface area contributed by atoms with Gasteiger partial charge in [-0.25, -0.2) is 0 Å². The molecule has 1 aliphatic rings. The Morgan fingerprint density at radius 3 is 2.48 bits per heavy atom. The van der Waals surface area contributed by atoms with E-state index in [0.717, 1.165) is 31.5 Å². The molecule has 2 aromatic carbocycles. The minimum atomic E-state index is -0.407. The maximum absolute atomic E-state index is 13.4. The average Bonchev–Trinajstić information content (AvgIpc) is 3.45. The Balaban J connectivity index is 1.33. The summed E-state index contributed by atoms with van der Waals surface area (Å²) in [5.41, 5.74) is 3.44. The largest absolute Gasteiger partial charge is 0.358 e. The number of amides is 1. The zero-order chi connectivity index (χ0) is 19.6. The predicted octanol–water partition coefficient (Wildman–Crippen LogP) is 4.36. The molecular formula is C24H24N4O. The standard InChI is InChI=1S/C24H24N4O/c29-24(23(28-14-6-13-25-28)19-7-2-1-3-8-19)27-15-11-18(12-16-27)22-17-20-9-4-5-10-21(20)26-22/h1-10,13-14,17-18,23,26H,11-12,15-16H2. The molecule has 146 valence electrons. The molecule has 5 heteroatoms. The zero-order valence-corrected chi connectivity index (χ0v) is 16.2. The molecule has 2 aromatic heterocycles. The van der Waals surface area contributed by atoms with Crippen LogP contribution in [0.1, 0.15) is 36.1 Å². The lowest BCUT2D eigenvalue weighted by Crippen LogP contribution is -2.42. The highest BCUT2D eigenvalue weighted by Crippen LogP contribution is 2.31. The lowest BCUT2D eigenvalue weighted by Gasteiger charge is -2.34. The van der Waals surface area contributed by atoms with Gasteiger partial charge in [0.15, 0.2) is 6.04 Å². The minimum absolute atomic E-state index is 0.120. The highest BCUT2D eigenvalue weighted by Gasteiger charge is 2.31. The van der Waals surface area contributed by atoms with Gasteiger partial charge in [0.1, 0.15) is 0 Å². The molecule has 1 amide bonds. The van der Waals surface area contributed by atoms with Crippen LogP contribution in [0, 0.1) is 0 Å². The van der Waals surface area contributed by atoms with Crippen LogP contribution < -0.4 is 0 Å². The summed E-state index contributed by atoms with van der Waals surface area (Å²) in [6, 6.07) is 22.0. The molecule has 4 aromatic rings. The van der Waals surface area contributed by atoms with Crippen LogP contribution in [0.25, 0.3) is 10.9 Å². The van der Waals surface area contributed by atoms with Crippen molar-refractivity contribution >= 4 is 16.8 Å². The van der Waals surface area contributed by atoms with Crippen LogP contribution in [-0.2, 0) is 4.79 Å². The quantitative estimate of drug-likeness (QED) is 0.568. The van der Waals surface area contributed by atoms with Gasteiger partial charge in [-0.1, -0.05) is 48.5 Å². The summed E-state index contributed by atoms with van der Waals surface area (Å²) in [5.74, 6) is 0.585. The number of benzene rings is 2. The number of fused-ring (bicyclic) bond motifs is 1. The molecule has 1 aliphatic heterocycles. The summed E-state index contributed by atoms with van der Waals surface area (Å²) in [6.45, 7) is 1.53. The number of carbonyl (C=O) groups is 1. The molecule has 0 radical (unpaired) electrons. The van der Waals surface area contributed by atoms with Crippen molar-refractivity contribution in [2.75, 3.05) is 13.1 Å². The molecule has 3 heterocycles. The molecule has 1 atom stereocenters. The van der Waals surface area contributed by atoms with Crippen molar-refractivity contribution < 1.29 is 4.79 Å². The summed E-state index contributed by atoms with van der Waals surface area (Å²) < 4.78 is 1.77. The lowest BCUT2D eigenvalue weighted by atomic mass is 9.92. The van der Waals surface area contributed by atoms with Gasteiger partial charge < -0.3 is 9.88 Å². The van der Waals surface area contributed by atoms with Crippen LogP contribution in [0.3, 0.4) is 0 Å². The Bertz CT molecular complexity index is 1060.